The number of nitrogens with zero attached hydrogens (tertiary/aromatic N) is 2. The molecule has 0 spiro atoms. The third kappa shape index (κ3) is 1.77. The van der Waals surface area contributed by atoms with Crippen LogP contribution in [-0.2, 0) is 10.2 Å². The summed E-state index contributed by atoms with van der Waals surface area (Å²) in [7, 11) is 0. The largest absolute Gasteiger partial charge is 0.300 e. The first-order valence-electron chi connectivity index (χ1n) is 5.69. The Kier molecular flexibility index (Phi) is 2.82. The van der Waals surface area contributed by atoms with Gasteiger partial charge in [0.05, 0.1) is 16.9 Å². The minimum atomic E-state index is -0.130. The fraction of sp³-hybridized carbons (Fsp3) is 0.667. The molecule has 0 aliphatic heterocycles. The molecule has 0 saturated heterocycles. The quantitative estimate of drug-likeness (QED) is 0.796. The summed E-state index contributed by atoms with van der Waals surface area (Å²) in [5, 5.41) is 4.99. The van der Waals surface area contributed by atoms with Gasteiger partial charge in [0.15, 0.2) is 0 Å². The molecule has 1 saturated carbocycles. The summed E-state index contributed by atoms with van der Waals surface area (Å²) >= 11 is 6.21. The lowest BCUT2D eigenvalue weighted by molar-refractivity contribution is -0.117. The van der Waals surface area contributed by atoms with Crippen molar-refractivity contribution in [1.29, 1.82) is 0 Å². The van der Waals surface area contributed by atoms with Gasteiger partial charge in [-0.25, -0.2) is 0 Å². The Morgan fingerprint density at radius 3 is 2.75 bits per heavy atom. The Labute approximate surface area is 101 Å². The van der Waals surface area contributed by atoms with Crippen LogP contribution in [0.5, 0.6) is 0 Å². The average Bonchev–Trinajstić information content (AvgIpc) is 2.71. The van der Waals surface area contributed by atoms with E-state index in [9.17, 15) is 4.79 Å². The summed E-state index contributed by atoms with van der Waals surface area (Å²) in [6.07, 6.45) is 3.82. The van der Waals surface area contributed by atoms with E-state index in [4.69, 9.17) is 11.6 Å². The number of halogens is 1. The molecule has 0 bridgehead atoms. The van der Waals surface area contributed by atoms with Gasteiger partial charge in [-0.05, 0) is 20.3 Å². The van der Waals surface area contributed by atoms with Crippen molar-refractivity contribution < 1.29 is 4.79 Å². The monoisotopic (exact) mass is 240 g/mol. The van der Waals surface area contributed by atoms with E-state index in [0.29, 0.717) is 23.6 Å². The van der Waals surface area contributed by atoms with Crippen molar-refractivity contribution in [3.8, 4) is 0 Å². The molecule has 88 valence electrons. The van der Waals surface area contributed by atoms with E-state index in [1.54, 1.807) is 6.20 Å². The van der Waals surface area contributed by atoms with Gasteiger partial charge in [0, 0.05) is 24.3 Å². The van der Waals surface area contributed by atoms with Crippen LogP contribution in [0, 0.1) is 0 Å². The van der Waals surface area contributed by atoms with Gasteiger partial charge in [-0.3, -0.25) is 9.48 Å². The van der Waals surface area contributed by atoms with Crippen LogP contribution >= 0.6 is 11.6 Å². The minimum absolute atomic E-state index is 0.130. The van der Waals surface area contributed by atoms with Crippen LogP contribution in [0.4, 0.5) is 0 Å². The molecule has 3 nitrogen and oxygen atoms in total. The zero-order valence-corrected chi connectivity index (χ0v) is 10.7. The molecular formula is C12H17ClN2O. The average molecular weight is 241 g/mol. The third-order valence-electron chi connectivity index (χ3n) is 3.35. The maximum absolute atomic E-state index is 11.5. The maximum Gasteiger partial charge on any atom is 0.133 e. The number of hydrogen-bond acceptors (Lipinski definition) is 2. The highest BCUT2D eigenvalue weighted by Gasteiger charge is 2.40. The lowest BCUT2D eigenvalue weighted by Gasteiger charge is -2.26. The highest BCUT2D eigenvalue weighted by Crippen LogP contribution is 2.42. The van der Waals surface area contributed by atoms with E-state index in [2.05, 4.69) is 25.9 Å². The lowest BCUT2D eigenvalue weighted by Crippen LogP contribution is -2.24. The minimum Gasteiger partial charge on any atom is -0.300 e. The molecule has 1 aliphatic rings. The molecule has 1 aromatic rings. The fourth-order valence-corrected chi connectivity index (χ4v) is 2.89. The summed E-state index contributed by atoms with van der Waals surface area (Å²) in [4.78, 5) is 11.5. The van der Waals surface area contributed by atoms with E-state index in [0.717, 1.165) is 12.1 Å². The fourth-order valence-electron chi connectivity index (χ4n) is 2.53. The second-order valence-electron chi connectivity index (χ2n) is 5.16. The van der Waals surface area contributed by atoms with Crippen molar-refractivity contribution in [2.24, 2.45) is 0 Å². The van der Waals surface area contributed by atoms with Crippen molar-refractivity contribution in [3.63, 3.8) is 0 Å². The number of aromatic nitrogens is 2. The Bertz CT molecular complexity index is 425. The third-order valence-corrected chi connectivity index (χ3v) is 3.63. The van der Waals surface area contributed by atoms with Gasteiger partial charge in [0.1, 0.15) is 5.78 Å². The molecule has 2 rings (SSSR count). The predicted molar refractivity (Wildman–Crippen MR) is 63.8 cm³/mol. The van der Waals surface area contributed by atoms with E-state index in [1.807, 2.05) is 4.68 Å². The Morgan fingerprint density at radius 1 is 1.56 bits per heavy atom. The zero-order chi connectivity index (χ0) is 11.9. The molecular weight excluding hydrogens is 224 g/mol. The lowest BCUT2D eigenvalue weighted by atomic mass is 9.84. The molecule has 1 fully saturated rings. The van der Waals surface area contributed by atoms with Crippen LogP contribution in [0.15, 0.2) is 6.20 Å². The molecule has 16 heavy (non-hydrogen) atoms. The molecule has 1 unspecified atom stereocenters. The summed E-state index contributed by atoms with van der Waals surface area (Å²) in [6.45, 7) is 6.26. The summed E-state index contributed by atoms with van der Waals surface area (Å²) in [5.74, 6) is 0.329. The van der Waals surface area contributed by atoms with Gasteiger partial charge < -0.3 is 0 Å². The van der Waals surface area contributed by atoms with Crippen molar-refractivity contribution in [2.45, 2.75) is 51.5 Å². The molecule has 1 aliphatic carbocycles. The van der Waals surface area contributed by atoms with Gasteiger partial charge in [0.25, 0.3) is 0 Å². The van der Waals surface area contributed by atoms with Gasteiger partial charge in [-0.2, -0.15) is 5.10 Å². The summed E-state index contributed by atoms with van der Waals surface area (Å²) < 4.78 is 1.95. The first-order chi connectivity index (χ1) is 7.44. The maximum atomic E-state index is 11.5. The van der Waals surface area contributed by atoms with Crippen molar-refractivity contribution in [1.82, 2.24) is 9.78 Å². The Hall–Kier alpha value is -0.830. The molecule has 0 aromatic carbocycles. The topological polar surface area (TPSA) is 34.9 Å². The van der Waals surface area contributed by atoms with Crippen molar-refractivity contribution >= 4 is 17.4 Å². The number of carbonyl (C=O) groups is 1. The number of hydrogen-bond donors (Lipinski definition) is 0. The van der Waals surface area contributed by atoms with Gasteiger partial charge in [-0.15, -0.1) is 0 Å². The van der Waals surface area contributed by atoms with Crippen molar-refractivity contribution in [2.75, 3.05) is 0 Å². The molecule has 1 heterocycles. The Morgan fingerprint density at radius 2 is 2.25 bits per heavy atom. The number of rotatable bonds is 2. The van der Waals surface area contributed by atoms with Crippen LogP contribution in [0.3, 0.4) is 0 Å². The molecule has 1 atom stereocenters. The van der Waals surface area contributed by atoms with Crippen LogP contribution < -0.4 is 0 Å². The van der Waals surface area contributed by atoms with Crippen LogP contribution in [0.1, 0.15) is 51.8 Å². The molecule has 0 radical (unpaired) electrons. The van der Waals surface area contributed by atoms with E-state index < -0.39 is 0 Å². The highest BCUT2D eigenvalue weighted by atomic mass is 35.5. The van der Waals surface area contributed by atoms with Crippen LogP contribution in [0.2, 0.25) is 5.02 Å². The predicted octanol–water partition coefficient (Wildman–Crippen LogP) is 3.13. The van der Waals surface area contributed by atoms with E-state index >= 15 is 0 Å². The van der Waals surface area contributed by atoms with Gasteiger partial charge in [0.2, 0.25) is 0 Å². The standard InChI is InChI=1S/C12H17ClN2O/c1-8(2)15-11(10(13)7-14-15)12(3)5-4-9(16)6-12/h7-8H,4-6H2,1-3H3. The molecule has 4 heteroatoms. The normalized spacial score (nSPS) is 25.7. The number of Topliss-reactive ketones (excluding diaryl/α,β-unsaturated/α-hetero) is 1. The highest BCUT2D eigenvalue weighted by molar-refractivity contribution is 6.31. The van der Waals surface area contributed by atoms with E-state index in [1.165, 1.54) is 0 Å². The Balaban J connectivity index is 2.46. The first kappa shape index (κ1) is 11.6. The number of ketones is 1. The number of carbonyl (C=O) groups excluding carboxylic acids is 1. The summed E-state index contributed by atoms with van der Waals surface area (Å²) in [5.41, 5.74) is 0.893. The molecule has 1 aromatic heterocycles. The SMILES string of the molecule is CC(C)n1ncc(Cl)c1C1(C)CCC(=O)C1. The van der Waals surface area contributed by atoms with E-state index in [-0.39, 0.29) is 11.5 Å². The summed E-state index contributed by atoms with van der Waals surface area (Å²) in [6, 6.07) is 0.273. The molecule has 0 amide bonds. The zero-order valence-electron chi connectivity index (χ0n) is 9.96. The van der Waals surface area contributed by atoms with Crippen LogP contribution in [0.25, 0.3) is 0 Å². The van der Waals surface area contributed by atoms with Crippen LogP contribution in [-0.4, -0.2) is 15.6 Å². The second kappa shape index (κ2) is 3.88. The first-order valence-corrected chi connectivity index (χ1v) is 6.07. The smallest absolute Gasteiger partial charge is 0.133 e. The van der Waals surface area contributed by atoms with Gasteiger partial charge >= 0.3 is 0 Å². The second-order valence-corrected chi connectivity index (χ2v) is 5.56. The molecule has 0 N–H and O–H groups in total. The van der Waals surface area contributed by atoms with Crippen molar-refractivity contribution in [3.05, 3.63) is 16.9 Å². The van der Waals surface area contributed by atoms with Gasteiger partial charge in [-0.1, -0.05) is 18.5 Å².